The van der Waals surface area contributed by atoms with Crippen LogP contribution in [-0.4, -0.2) is 107 Å². The third-order valence-electron chi connectivity index (χ3n) is 8.90. The van der Waals surface area contributed by atoms with E-state index < -0.39 is 12.8 Å². The number of piperazine rings is 2. The summed E-state index contributed by atoms with van der Waals surface area (Å²) in [6, 6.07) is 23.8. The molecule has 2 aliphatic rings. The van der Waals surface area contributed by atoms with Gasteiger partial charge in [-0.25, -0.2) is 0 Å². The standard InChI is InChI=1S/C36H39F3N6O4.3ClH/c1-3-48-35-41-32(47-2)29(33(42-35)49-24-36(37,38)39)22-43-20-28-21-44(34(46)27-15-10-16-40-19-27)17-18-45(28)30(23-43)31(25-11-6-4-7-12-25)26-13-8-5-9-14-26;;;/h4-16,19,28,30-31H,3,17-18,20-24H2,1-2H3;3*1H. The van der Waals surface area contributed by atoms with Crippen molar-refractivity contribution in [3.63, 3.8) is 0 Å². The summed E-state index contributed by atoms with van der Waals surface area (Å²) in [6.07, 6.45) is -1.37. The first kappa shape index (κ1) is 42.5. The number of rotatable bonds is 11. The van der Waals surface area contributed by atoms with Gasteiger partial charge >= 0.3 is 12.2 Å². The summed E-state index contributed by atoms with van der Waals surface area (Å²) >= 11 is 0. The van der Waals surface area contributed by atoms with Crippen LogP contribution >= 0.6 is 37.2 Å². The van der Waals surface area contributed by atoms with Crippen LogP contribution in [0.15, 0.2) is 85.2 Å². The number of ether oxygens (including phenoxy) is 3. The summed E-state index contributed by atoms with van der Waals surface area (Å²) < 4.78 is 56.3. The van der Waals surface area contributed by atoms with Crippen molar-refractivity contribution in [1.29, 1.82) is 0 Å². The molecule has 6 rings (SSSR count). The lowest BCUT2D eigenvalue weighted by Gasteiger charge is -2.53. The molecule has 0 saturated carbocycles. The number of alkyl halides is 3. The maximum Gasteiger partial charge on any atom is 0.422 e. The third-order valence-corrected chi connectivity index (χ3v) is 8.90. The van der Waals surface area contributed by atoms with Crippen molar-refractivity contribution in [2.45, 2.75) is 37.6 Å². The van der Waals surface area contributed by atoms with Gasteiger partial charge in [0, 0.05) is 69.7 Å². The van der Waals surface area contributed by atoms with Gasteiger partial charge in [0.05, 0.1) is 24.8 Å². The molecule has 2 unspecified atom stereocenters. The lowest BCUT2D eigenvalue weighted by atomic mass is 9.81. The number of aromatic nitrogens is 3. The average molecular weight is 786 g/mol. The molecule has 52 heavy (non-hydrogen) atoms. The number of nitrogens with zero attached hydrogens (tertiary/aromatic N) is 6. The van der Waals surface area contributed by atoms with Gasteiger partial charge in [-0.2, -0.15) is 23.1 Å². The first-order valence-corrected chi connectivity index (χ1v) is 16.3. The fraction of sp³-hybridized carbons (Fsp3) is 0.389. The van der Waals surface area contributed by atoms with Crippen molar-refractivity contribution in [3.8, 4) is 17.8 Å². The monoisotopic (exact) mass is 784 g/mol. The molecule has 0 aliphatic carbocycles. The van der Waals surface area contributed by atoms with Crippen molar-refractivity contribution in [1.82, 2.24) is 29.7 Å². The second-order valence-corrected chi connectivity index (χ2v) is 12.1. The largest absolute Gasteiger partial charge is 0.481 e. The predicted octanol–water partition coefficient (Wildman–Crippen LogP) is 6.33. The van der Waals surface area contributed by atoms with Crippen LogP contribution in [0.4, 0.5) is 13.2 Å². The Bertz CT molecular complexity index is 1660. The molecule has 282 valence electrons. The fourth-order valence-electron chi connectivity index (χ4n) is 6.87. The van der Waals surface area contributed by atoms with Crippen LogP contribution in [0.5, 0.6) is 17.8 Å². The zero-order valence-corrected chi connectivity index (χ0v) is 31.1. The first-order valence-electron chi connectivity index (χ1n) is 16.3. The van der Waals surface area contributed by atoms with Crippen LogP contribution in [0.2, 0.25) is 0 Å². The van der Waals surface area contributed by atoms with Crippen molar-refractivity contribution < 1.29 is 32.2 Å². The van der Waals surface area contributed by atoms with E-state index in [2.05, 4.69) is 49.0 Å². The molecule has 2 aromatic carbocycles. The molecule has 10 nitrogen and oxygen atoms in total. The topological polar surface area (TPSA) is 93.2 Å². The Labute approximate surface area is 319 Å². The number of amides is 1. The van der Waals surface area contributed by atoms with E-state index in [9.17, 15) is 18.0 Å². The highest BCUT2D eigenvalue weighted by Crippen LogP contribution is 2.38. The zero-order valence-electron chi connectivity index (χ0n) is 28.6. The second kappa shape index (κ2) is 19.3. The molecule has 4 heterocycles. The number of carbonyl (C=O) groups excluding carboxylic acids is 1. The SMILES string of the molecule is CCOc1nc(OC)c(CN2CC3CN(C(=O)c4cccnc4)CCN3C(C(c3ccccc3)c3ccccc3)C2)c(OCC(F)(F)F)n1.Cl.Cl.Cl. The molecule has 2 atom stereocenters. The molecule has 2 aliphatic heterocycles. The number of pyridine rings is 1. The van der Waals surface area contributed by atoms with Gasteiger partial charge in [0.15, 0.2) is 6.61 Å². The van der Waals surface area contributed by atoms with E-state index in [-0.39, 0.29) is 97.6 Å². The molecule has 0 radical (unpaired) electrons. The van der Waals surface area contributed by atoms with E-state index in [1.807, 2.05) is 41.3 Å². The van der Waals surface area contributed by atoms with Gasteiger partial charge in [-0.1, -0.05) is 60.7 Å². The Balaban J connectivity index is 0.00000243. The molecular formula is C36H42Cl3F3N6O4. The summed E-state index contributed by atoms with van der Waals surface area (Å²) in [5, 5.41) is 0. The van der Waals surface area contributed by atoms with Gasteiger partial charge < -0.3 is 19.1 Å². The summed E-state index contributed by atoms with van der Waals surface area (Å²) in [7, 11) is 1.40. The predicted molar refractivity (Wildman–Crippen MR) is 197 cm³/mol. The molecule has 1 amide bonds. The summed E-state index contributed by atoms with van der Waals surface area (Å²) in [5.74, 6) is -0.290. The molecule has 2 saturated heterocycles. The normalized spacial score (nSPS) is 17.5. The maximum atomic E-state index is 13.6. The smallest absolute Gasteiger partial charge is 0.422 e. The number of hydrogen-bond donors (Lipinski definition) is 0. The molecule has 0 bridgehead atoms. The van der Waals surface area contributed by atoms with Gasteiger partial charge in [-0.05, 0) is 30.2 Å². The minimum absolute atomic E-state index is 0. The highest BCUT2D eigenvalue weighted by Gasteiger charge is 2.43. The zero-order chi connectivity index (χ0) is 34.4. The molecule has 16 heteroatoms. The van der Waals surface area contributed by atoms with E-state index in [1.54, 1.807) is 31.5 Å². The Morgan fingerprint density at radius 1 is 0.865 bits per heavy atom. The minimum Gasteiger partial charge on any atom is -0.481 e. The molecule has 4 aromatic rings. The second-order valence-electron chi connectivity index (χ2n) is 12.1. The fourth-order valence-corrected chi connectivity index (χ4v) is 6.87. The van der Waals surface area contributed by atoms with Crippen LogP contribution in [-0.2, 0) is 6.54 Å². The average Bonchev–Trinajstić information content (AvgIpc) is 3.12. The third kappa shape index (κ3) is 10.2. The van der Waals surface area contributed by atoms with Crippen molar-refractivity contribution >= 4 is 43.1 Å². The van der Waals surface area contributed by atoms with Gasteiger partial charge in [-0.3, -0.25) is 19.6 Å². The Kier molecular flexibility index (Phi) is 15.8. The lowest BCUT2D eigenvalue weighted by molar-refractivity contribution is -0.154. The van der Waals surface area contributed by atoms with E-state index in [0.717, 1.165) is 11.1 Å². The van der Waals surface area contributed by atoms with Crippen LogP contribution in [0, 0.1) is 0 Å². The Hall–Kier alpha value is -3.88. The van der Waals surface area contributed by atoms with Crippen molar-refractivity contribution in [2.24, 2.45) is 0 Å². The van der Waals surface area contributed by atoms with E-state index in [1.165, 1.54) is 7.11 Å². The van der Waals surface area contributed by atoms with Gasteiger partial charge in [-0.15, -0.1) is 37.2 Å². The number of benzene rings is 2. The van der Waals surface area contributed by atoms with Crippen molar-refractivity contribution in [2.75, 3.05) is 53.0 Å². The van der Waals surface area contributed by atoms with Crippen LogP contribution < -0.4 is 14.2 Å². The van der Waals surface area contributed by atoms with Crippen LogP contribution in [0.25, 0.3) is 0 Å². The molecule has 2 aromatic heterocycles. The quantitative estimate of drug-likeness (QED) is 0.173. The minimum atomic E-state index is -4.58. The Morgan fingerprint density at radius 3 is 2.10 bits per heavy atom. The van der Waals surface area contributed by atoms with Gasteiger partial charge in [0.2, 0.25) is 11.8 Å². The summed E-state index contributed by atoms with van der Waals surface area (Å²) in [4.78, 5) is 32.8. The first-order chi connectivity index (χ1) is 23.7. The van der Waals surface area contributed by atoms with E-state index in [4.69, 9.17) is 14.2 Å². The summed E-state index contributed by atoms with van der Waals surface area (Å²) in [5.41, 5.74) is 3.10. The van der Waals surface area contributed by atoms with E-state index >= 15 is 0 Å². The maximum absolute atomic E-state index is 13.6. The highest BCUT2D eigenvalue weighted by atomic mass is 35.5. The number of fused-ring (bicyclic) bond motifs is 1. The Morgan fingerprint density at radius 2 is 1.52 bits per heavy atom. The van der Waals surface area contributed by atoms with Gasteiger partial charge in [0.25, 0.3) is 5.91 Å². The number of halogens is 6. The molecule has 0 N–H and O–H groups in total. The number of carbonyl (C=O) groups is 1. The highest BCUT2D eigenvalue weighted by molar-refractivity contribution is 5.94. The molecule has 0 spiro atoms. The number of methoxy groups -OCH3 is 1. The van der Waals surface area contributed by atoms with Crippen molar-refractivity contribution in [3.05, 3.63) is 107 Å². The van der Waals surface area contributed by atoms with Crippen LogP contribution in [0.3, 0.4) is 0 Å². The van der Waals surface area contributed by atoms with Gasteiger partial charge in [0.1, 0.15) is 0 Å². The van der Waals surface area contributed by atoms with E-state index in [0.29, 0.717) is 38.3 Å². The molecule has 2 fully saturated rings. The summed E-state index contributed by atoms with van der Waals surface area (Å²) in [6.45, 7) is 3.31. The number of hydrogen-bond acceptors (Lipinski definition) is 9. The van der Waals surface area contributed by atoms with Crippen LogP contribution in [0.1, 0.15) is 39.9 Å². The molecular weight excluding hydrogens is 744 g/mol. The lowest BCUT2D eigenvalue weighted by Crippen LogP contribution is -2.67.